The van der Waals surface area contributed by atoms with E-state index in [9.17, 15) is 22.6 Å². The minimum absolute atomic E-state index is 0.0866. The van der Waals surface area contributed by atoms with Crippen molar-refractivity contribution in [3.63, 3.8) is 0 Å². The fourth-order valence-electron chi connectivity index (χ4n) is 5.44. The molecule has 0 fully saturated rings. The van der Waals surface area contributed by atoms with Crippen LogP contribution in [-0.4, -0.2) is 43.4 Å². The molecule has 0 N–H and O–H groups in total. The summed E-state index contributed by atoms with van der Waals surface area (Å²) in [5, 5.41) is 0. The second-order valence-corrected chi connectivity index (χ2v) is 14.3. The van der Waals surface area contributed by atoms with Crippen molar-refractivity contribution in [2.75, 3.05) is 12.4 Å². The van der Waals surface area contributed by atoms with Gasteiger partial charge < -0.3 is 14.0 Å². The first-order valence-corrected chi connectivity index (χ1v) is 19.7. The predicted octanol–water partition coefficient (Wildman–Crippen LogP) is 10.1. The minimum Gasteiger partial charge on any atom is -0.748 e. The van der Waals surface area contributed by atoms with Crippen LogP contribution < -0.4 is 0 Å². The van der Waals surface area contributed by atoms with E-state index in [1.54, 1.807) is 0 Å². The van der Waals surface area contributed by atoms with Crippen molar-refractivity contribution in [3.8, 4) is 0 Å². The number of esters is 2. The maximum Gasteiger partial charge on any atom is 0.330 e. The van der Waals surface area contributed by atoms with Gasteiger partial charge in [0.1, 0.15) is 6.61 Å². The standard InChI is InChI=1S/C36H68O7S/c1-4-5-6-7-8-9-10-11-12-13-14-15-16-17-18-19-20-21-22-26-29-35(37)43-34(3)28-25-23-24-27-33(2)32-36(38)42-30-31-44(39,40)41/h32,34H,4-31H2,1-3H3,(H,39,40,41)/p-1/b33-32-/t34-/m1/s1. The Kier molecular flexibility index (Phi) is 29.3. The smallest absolute Gasteiger partial charge is 0.330 e. The molecule has 0 bridgehead atoms. The highest BCUT2D eigenvalue weighted by atomic mass is 32.2. The van der Waals surface area contributed by atoms with Gasteiger partial charge in [-0.3, -0.25) is 4.79 Å². The molecule has 0 aliphatic rings. The number of allylic oxidation sites excluding steroid dienone is 1. The molecule has 8 heteroatoms. The van der Waals surface area contributed by atoms with Crippen LogP contribution in [0.2, 0.25) is 0 Å². The van der Waals surface area contributed by atoms with Gasteiger partial charge in [-0.05, 0) is 46.0 Å². The Labute approximate surface area is 271 Å². The largest absolute Gasteiger partial charge is 0.748 e. The summed E-state index contributed by atoms with van der Waals surface area (Å²) in [4.78, 5) is 23.8. The first-order valence-electron chi connectivity index (χ1n) is 18.1. The van der Waals surface area contributed by atoms with E-state index >= 15 is 0 Å². The van der Waals surface area contributed by atoms with Crippen LogP contribution in [0.4, 0.5) is 0 Å². The van der Waals surface area contributed by atoms with Gasteiger partial charge in [-0.15, -0.1) is 0 Å². The maximum absolute atomic E-state index is 12.1. The first kappa shape index (κ1) is 42.6. The molecule has 0 aromatic rings. The van der Waals surface area contributed by atoms with Crippen LogP contribution in [0.5, 0.6) is 0 Å². The van der Waals surface area contributed by atoms with Crippen LogP contribution in [0, 0.1) is 0 Å². The Hall–Kier alpha value is -1.41. The van der Waals surface area contributed by atoms with Crippen LogP contribution >= 0.6 is 0 Å². The van der Waals surface area contributed by atoms with E-state index in [1.165, 1.54) is 122 Å². The third-order valence-corrected chi connectivity index (χ3v) is 8.86. The second-order valence-electron chi connectivity index (χ2n) is 12.8. The molecule has 0 saturated carbocycles. The van der Waals surface area contributed by atoms with Crippen molar-refractivity contribution in [2.45, 2.75) is 194 Å². The lowest BCUT2D eigenvalue weighted by molar-refractivity contribution is -0.148. The summed E-state index contributed by atoms with van der Waals surface area (Å²) in [6, 6.07) is 0. The molecule has 0 aliphatic carbocycles. The molecule has 0 aromatic heterocycles. The summed E-state index contributed by atoms with van der Waals surface area (Å²) in [5.74, 6) is -1.44. The molecule has 0 radical (unpaired) electrons. The quantitative estimate of drug-likeness (QED) is 0.0310. The van der Waals surface area contributed by atoms with E-state index in [1.807, 2.05) is 13.8 Å². The number of ether oxygens (including phenoxy) is 2. The average molecular weight is 644 g/mol. The first-order chi connectivity index (χ1) is 21.1. The number of hydrogen-bond donors (Lipinski definition) is 0. The van der Waals surface area contributed by atoms with Crippen LogP contribution in [0.25, 0.3) is 0 Å². The van der Waals surface area contributed by atoms with E-state index in [0.29, 0.717) is 6.42 Å². The van der Waals surface area contributed by atoms with Crippen LogP contribution in [0.15, 0.2) is 11.6 Å². The lowest BCUT2D eigenvalue weighted by Gasteiger charge is -2.13. The lowest BCUT2D eigenvalue weighted by Crippen LogP contribution is -2.14. The molecule has 0 aliphatic heterocycles. The van der Waals surface area contributed by atoms with E-state index < -0.39 is 28.4 Å². The monoisotopic (exact) mass is 643 g/mol. The maximum atomic E-state index is 12.1. The Morgan fingerprint density at radius 3 is 1.52 bits per heavy atom. The van der Waals surface area contributed by atoms with E-state index in [4.69, 9.17) is 9.47 Å². The fraction of sp³-hybridized carbons (Fsp3) is 0.889. The Bertz CT molecular complexity index is 822. The highest BCUT2D eigenvalue weighted by Crippen LogP contribution is 2.16. The molecule has 7 nitrogen and oxygen atoms in total. The number of carbonyl (C=O) groups is 2. The van der Waals surface area contributed by atoms with Gasteiger partial charge in [0.2, 0.25) is 0 Å². The third kappa shape index (κ3) is 33.5. The average Bonchev–Trinajstić information content (AvgIpc) is 2.95. The summed E-state index contributed by atoms with van der Waals surface area (Å²) in [6.45, 7) is 5.61. The van der Waals surface area contributed by atoms with Crippen molar-refractivity contribution in [2.24, 2.45) is 0 Å². The molecule has 260 valence electrons. The van der Waals surface area contributed by atoms with Crippen LogP contribution in [0.3, 0.4) is 0 Å². The molecule has 44 heavy (non-hydrogen) atoms. The summed E-state index contributed by atoms with van der Waals surface area (Å²) in [5.41, 5.74) is 0.842. The minimum atomic E-state index is -4.38. The molecular weight excluding hydrogens is 576 g/mol. The van der Waals surface area contributed by atoms with Gasteiger partial charge in [-0.2, -0.15) is 0 Å². The third-order valence-electron chi connectivity index (χ3n) is 8.19. The normalized spacial score (nSPS) is 12.8. The van der Waals surface area contributed by atoms with Crippen molar-refractivity contribution < 1.29 is 32.0 Å². The Morgan fingerprint density at radius 2 is 1.07 bits per heavy atom. The predicted molar refractivity (Wildman–Crippen MR) is 181 cm³/mol. The summed E-state index contributed by atoms with van der Waals surface area (Å²) in [6.07, 6.45) is 33.0. The number of carbonyl (C=O) groups excluding carboxylic acids is 2. The molecule has 0 rings (SSSR count). The van der Waals surface area contributed by atoms with Gasteiger partial charge in [0, 0.05) is 12.5 Å². The van der Waals surface area contributed by atoms with Crippen LogP contribution in [-0.2, 0) is 29.2 Å². The van der Waals surface area contributed by atoms with Gasteiger partial charge in [0.25, 0.3) is 0 Å². The Balaban J connectivity index is 3.48. The van der Waals surface area contributed by atoms with Crippen molar-refractivity contribution in [1.29, 1.82) is 0 Å². The van der Waals surface area contributed by atoms with Gasteiger partial charge in [-0.25, -0.2) is 13.2 Å². The molecule has 0 heterocycles. The molecule has 0 spiro atoms. The van der Waals surface area contributed by atoms with Crippen molar-refractivity contribution in [1.82, 2.24) is 0 Å². The van der Waals surface area contributed by atoms with Gasteiger partial charge in [0.05, 0.1) is 22.0 Å². The summed E-state index contributed by atoms with van der Waals surface area (Å²) in [7, 11) is -4.38. The SMILES string of the molecule is CCCCCCCCCCCCCCCCCCCCCCC(=O)O[C@H](C)CCCCC/C(C)=C\C(=O)OCCS(=O)(=O)[O-]. The zero-order valence-corrected chi connectivity index (χ0v) is 29.5. The zero-order valence-electron chi connectivity index (χ0n) is 28.7. The molecule has 0 saturated heterocycles. The molecule has 1 atom stereocenters. The van der Waals surface area contributed by atoms with E-state index in [0.717, 1.165) is 50.5 Å². The number of unbranched alkanes of at least 4 members (excludes halogenated alkanes) is 21. The Morgan fingerprint density at radius 1 is 0.659 bits per heavy atom. The summed E-state index contributed by atoms with van der Waals surface area (Å²) >= 11 is 0. The number of rotatable bonds is 32. The number of hydrogen-bond acceptors (Lipinski definition) is 7. The fourth-order valence-corrected chi connectivity index (χ4v) is 5.73. The molecule has 0 aromatic carbocycles. The topological polar surface area (TPSA) is 110 Å². The molecule has 0 unspecified atom stereocenters. The molecular formula is C36H67O7S-. The summed E-state index contributed by atoms with van der Waals surface area (Å²) < 4.78 is 41.9. The lowest BCUT2D eigenvalue weighted by atomic mass is 10.0. The van der Waals surface area contributed by atoms with Crippen molar-refractivity contribution >= 4 is 22.1 Å². The van der Waals surface area contributed by atoms with Gasteiger partial charge >= 0.3 is 11.9 Å². The second kappa shape index (κ2) is 30.3. The van der Waals surface area contributed by atoms with E-state index in [2.05, 4.69) is 6.92 Å². The van der Waals surface area contributed by atoms with Crippen LogP contribution in [0.1, 0.15) is 188 Å². The highest BCUT2D eigenvalue weighted by Gasteiger charge is 2.09. The van der Waals surface area contributed by atoms with Gasteiger partial charge in [-0.1, -0.05) is 141 Å². The zero-order chi connectivity index (χ0) is 32.7. The highest BCUT2D eigenvalue weighted by molar-refractivity contribution is 7.85. The molecule has 0 amide bonds. The van der Waals surface area contributed by atoms with Gasteiger partial charge in [0.15, 0.2) is 0 Å². The van der Waals surface area contributed by atoms with Crippen molar-refractivity contribution in [3.05, 3.63) is 11.6 Å². The van der Waals surface area contributed by atoms with E-state index in [-0.39, 0.29) is 12.1 Å².